The summed E-state index contributed by atoms with van der Waals surface area (Å²) in [4.78, 5) is 36.6. The van der Waals surface area contributed by atoms with Crippen molar-refractivity contribution in [1.29, 1.82) is 0 Å². The van der Waals surface area contributed by atoms with Gasteiger partial charge in [0.2, 0.25) is 5.78 Å². The molecule has 5 rings (SSSR count). The lowest BCUT2D eigenvalue weighted by molar-refractivity contribution is 0.0138. The van der Waals surface area contributed by atoms with Crippen molar-refractivity contribution in [2.24, 2.45) is 0 Å². The fourth-order valence-electron chi connectivity index (χ4n) is 4.33. The Morgan fingerprint density at radius 3 is 2.74 bits per heavy atom. The third-order valence-corrected chi connectivity index (χ3v) is 6.09. The van der Waals surface area contributed by atoms with Gasteiger partial charge >= 0.3 is 6.09 Å². The summed E-state index contributed by atoms with van der Waals surface area (Å²) in [5, 5.41) is 11.5. The maximum atomic E-state index is 13.1. The average molecular weight is 477 g/mol. The number of nitrogens with zero attached hydrogens (tertiary/aromatic N) is 3. The van der Waals surface area contributed by atoms with Crippen LogP contribution < -0.4 is 4.74 Å². The molecule has 0 unspecified atom stereocenters. The molecule has 3 aromatic rings. The van der Waals surface area contributed by atoms with Gasteiger partial charge in [-0.25, -0.2) is 9.78 Å². The van der Waals surface area contributed by atoms with E-state index in [9.17, 15) is 14.7 Å². The number of fused-ring (bicyclic) bond motifs is 2. The van der Waals surface area contributed by atoms with Crippen LogP contribution in [-0.4, -0.2) is 68.5 Å². The topological polar surface area (TPSA) is 108 Å². The number of phenolic OH excluding ortho intramolecular Hbond substituents is 1. The molecule has 1 fully saturated rings. The van der Waals surface area contributed by atoms with Gasteiger partial charge in [-0.3, -0.25) is 9.69 Å². The normalized spacial score (nSPS) is 17.6. The number of aromatic hydroxyl groups is 1. The van der Waals surface area contributed by atoms with Gasteiger partial charge < -0.3 is 24.5 Å². The predicted molar refractivity (Wildman–Crippen MR) is 130 cm³/mol. The highest BCUT2D eigenvalue weighted by molar-refractivity contribution is 6.15. The number of carbonyl (C=O) groups is 2. The van der Waals surface area contributed by atoms with E-state index in [0.29, 0.717) is 49.6 Å². The summed E-state index contributed by atoms with van der Waals surface area (Å²) in [5.74, 6) is 0.429. The van der Waals surface area contributed by atoms with Gasteiger partial charge in [0.15, 0.2) is 5.76 Å². The Kier molecular flexibility index (Phi) is 5.72. The number of phenols is 1. The van der Waals surface area contributed by atoms with E-state index >= 15 is 0 Å². The van der Waals surface area contributed by atoms with E-state index < -0.39 is 5.60 Å². The molecule has 0 saturated carbocycles. The summed E-state index contributed by atoms with van der Waals surface area (Å²) in [6.45, 7) is 8.20. The van der Waals surface area contributed by atoms with E-state index in [2.05, 4.69) is 14.9 Å². The first kappa shape index (κ1) is 22.9. The Bertz CT molecular complexity index is 1330. The minimum absolute atomic E-state index is 0.0728. The molecule has 182 valence electrons. The van der Waals surface area contributed by atoms with Crippen LogP contribution in [0, 0.1) is 0 Å². The molecule has 0 aliphatic carbocycles. The fourth-order valence-corrected chi connectivity index (χ4v) is 4.33. The number of ketones is 1. The van der Waals surface area contributed by atoms with E-state index in [1.165, 1.54) is 6.07 Å². The van der Waals surface area contributed by atoms with Gasteiger partial charge in [0.05, 0.1) is 11.1 Å². The third kappa shape index (κ3) is 4.59. The minimum Gasteiger partial charge on any atom is -0.507 e. The molecule has 2 aromatic heterocycles. The zero-order chi connectivity index (χ0) is 24.7. The molecule has 1 amide bonds. The predicted octanol–water partition coefficient (Wildman–Crippen LogP) is 3.94. The van der Waals surface area contributed by atoms with Gasteiger partial charge in [-0.15, -0.1) is 0 Å². The lowest BCUT2D eigenvalue weighted by Gasteiger charge is -2.35. The first-order valence-electron chi connectivity index (χ1n) is 11.6. The van der Waals surface area contributed by atoms with Crippen LogP contribution in [0.5, 0.6) is 11.5 Å². The highest BCUT2D eigenvalue weighted by Gasteiger charge is 2.33. The minimum atomic E-state index is -0.539. The Morgan fingerprint density at radius 1 is 1.23 bits per heavy atom. The number of carbonyl (C=O) groups excluding carboxylic acids is 2. The number of amides is 1. The van der Waals surface area contributed by atoms with Crippen LogP contribution in [0.25, 0.3) is 17.1 Å². The Balaban J connectivity index is 1.32. The van der Waals surface area contributed by atoms with Crippen LogP contribution in [0.15, 0.2) is 42.4 Å². The summed E-state index contributed by atoms with van der Waals surface area (Å²) < 4.78 is 11.5. The number of benzene rings is 1. The number of aromatic nitrogens is 2. The molecule has 1 saturated heterocycles. The standard InChI is InChI=1S/C26H28N4O5/c1-26(2,3)35-25(33)30-11-9-29(10-12-30)15-19-20(31)7-6-18-22(32)21(34-23(18)19)13-16-14-28-24-17(16)5-4-8-27-24/h4-8,13-14,31H,9-12,15H2,1-3H3,(H,27,28)/b21-13-. The molecule has 9 nitrogen and oxygen atoms in total. The number of rotatable bonds is 3. The zero-order valence-electron chi connectivity index (χ0n) is 20.0. The number of ether oxygens (including phenoxy) is 2. The van der Waals surface area contributed by atoms with Crippen LogP contribution in [0.4, 0.5) is 4.79 Å². The zero-order valence-corrected chi connectivity index (χ0v) is 20.0. The van der Waals surface area contributed by atoms with E-state index in [0.717, 1.165) is 16.6 Å². The number of hydrogen-bond acceptors (Lipinski definition) is 7. The molecule has 0 spiro atoms. The van der Waals surface area contributed by atoms with Crippen molar-refractivity contribution in [3.63, 3.8) is 0 Å². The van der Waals surface area contributed by atoms with Crippen LogP contribution in [0.2, 0.25) is 0 Å². The highest BCUT2D eigenvalue weighted by atomic mass is 16.6. The van der Waals surface area contributed by atoms with E-state index in [1.807, 2.05) is 32.9 Å². The van der Waals surface area contributed by atoms with Gasteiger partial charge in [-0.05, 0) is 51.1 Å². The smallest absolute Gasteiger partial charge is 0.410 e. The van der Waals surface area contributed by atoms with Gasteiger partial charge in [0, 0.05) is 56.1 Å². The number of aromatic amines is 1. The van der Waals surface area contributed by atoms with Gasteiger partial charge in [0.25, 0.3) is 0 Å². The molecule has 2 N–H and O–H groups in total. The maximum absolute atomic E-state index is 13.1. The van der Waals surface area contributed by atoms with Crippen molar-refractivity contribution >= 4 is 29.0 Å². The van der Waals surface area contributed by atoms with Crippen LogP contribution in [-0.2, 0) is 11.3 Å². The summed E-state index contributed by atoms with van der Waals surface area (Å²) in [7, 11) is 0. The van der Waals surface area contributed by atoms with Crippen LogP contribution >= 0.6 is 0 Å². The lowest BCUT2D eigenvalue weighted by atomic mass is 10.0. The van der Waals surface area contributed by atoms with Crippen molar-refractivity contribution in [1.82, 2.24) is 19.8 Å². The fraction of sp³-hybridized carbons (Fsp3) is 0.346. The maximum Gasteiger partial charge on any atom is 0.410 e. The Labute approximate surface area is 203 Å². The summed E-state index contributed by atoms with van der Waals surface area (Å²) in [5.41, 5.74) is 1.97. The molecule has 0 atom stereocenters. The largest absolute Gasteiger partial charge is 0.507 e. The first-order valence-corrected chi connectivity index (χ1v) is 11.6. The summed E-state index contributed by atoms with van der Waals surface area (Å²) in [6, 6.07) is 6.88. The number of pyridine rings is 1. The molecule has 2 aliphatic heterocycles. The second kappa shape index (κ2) is 8.74. The second-order valence-electron chi connectivity index (χ2n) is 9.77. The van der Waals surface area contributed by atoms with Crippen molar-refractivity contribution in [3.8, 4) is 11.5 Å². The number of hydrogen-bond donors (Lipinski definition) is 2. The second-order valence-corrected chi connectivity index (χ2v) is 9.77. The van der Waals surface area contributed by atoms with Crippen LogP contribution in [0.1, 0.15) is 42.3 Å². The number of allylic oxidation sites excluding steroid dienone is 1. The third-order valence-electron chi connectivity index (χ3n) is 6.09. The summed E-state index contributed by atoms with van der Waals surface area (Å²) in [6.07, 6.45) is 4.86. The lowest BCUT2D eigenvalue weighted by Crippen LogP contribution is -2.49. The molecule has 0 radical (unpaired) electrons. The van der Waals surface area contributed by atoms with E-state index in [4.69, 9.17) is 9.47 Å². The van der Waals surface area contributed by atoms with Crippen molar-refractivity contribution < 1.29 is 24.2 Å². The molecule has 1 aromatic carbocycles. The molecule has 35 heavy (non-hydrogen) atoms. The Hall–Kier alpha value is -3.85. The monoisotopic (exact) mass is 476 g/mol. The van der Waals surface area contributed by atoms with E-state index in [1.54, 1.807) is 29.4 Å². The quantitative estimate of drug-likeness (QED) is 0.551. The number of Topliss-reactive ketones (excluding diaryl/α,β-unsaturated/α-hetero) is 1. The van der Waals surface area contributed by atoms with Gasteiger partial charge in [-0.1, -0.05) is 0 Å². The number of H-pyrrole nitrogens is 1. The van der Waals surface area contributed by atoms with Crippen LogP contribution in [0.3, 0.4) is 0 Å². The summed E-state index contributed by atoms with van der Waals surface area (Å²) >= 11 is 0. The average Bonchev–Trinajstić information content (AvgIpc) is 3.36. The van der Waals surface area contributed by atoms with Gasteiger partial charge in [0.1, 0.15) is 22.7 Å². The van der Waals surface area contributed by atoms with Gasteiger partial charge in [-0.2, -0.15) is 0 Å². The molecule has 2 aliphatic rings. The Morgan fingerprint density at radius 2 is 2.00 bits per heavy atom. The molecule has 4 heterocycles. The molecular formula is C26H28N4O5. The number of nitrogens with one attached hydrogen (secondary N) is 1. The molecular weight excluding hydrogens is 448 g/mol. The SMILES string of the molecule is CC(C)(C)OC(=O)N1CCN(Cc2c(O)ccc3c2O/C(=C\c2c[nH]c4ncccc24)C3=O)CC1. The van der Waals surface area contributed by atoms with Crippen molar-refractivity contribution in [3.05, 3.63) is 59.1 Å². The first-order chi connectivity index (χ1) is 16.7. The number of piperazine rings is 1. The highest BCUT2D eigenvalue weighted by Crippen LogP contribution is 2.40. The molecule has 0 bridgehead atoms. The van der Waals surface area contributed by atoms with E-state index in [-0.39, 0.29) is 23.4 Å². The molecule has 9 heteroatoms. The van der Waals surface area contributed by atoms with Crippen molar-refractivity contribution in [2.45, 2.75) is 32.9 Å². The van der Waals surface area contributed by atoms with Crippen molar-refractivity contribution in [2.75, 3.05) is 26.2 Å².